The molecule has 3 rings (SSSR count). The fraction of sp³-hybridized carbons (Fsp3) is 0.762. The number of carbonyl (C=O) groups is 2. The molecule has 3 atom stereocenters. The van der Waals surface area contributed by atoms with Crippen molar-refractivity contribution in [2.24, 2.45) is 5.92 Å². The molecule has 2 fully saturated rings. The van der Waals surface area contributed by atoms with Crippen LogP contribution < -0.4 is 5.32 Å². The topological polar surface area (TPSA) is 114 Å². The summed E-state index contributed by atoms with van der Waals surface area (Å²) in [4.78, 5) is 23.0. The fourth-order valence-corrected chi connectivity index (χ4v) is 4.12. The molecule has 2 N–H and O–H groups in total. The maximum absolute atomic E-state index is 12.9. The van der Waals surface area contributed by atoms with Crippen molar-refractivity contribution >= 4 is 12.4 Å². The molecule has 0 bridgehead atoms. The summed E-state index contributed by atoms with van der Waals surface area (Å²) in [5, 5.41) is 14.6. The Balaban J connectivity index is 0.00000101. The molecule has 1 saturated carbocycles. The number of amides is 1. The Morgan fingerprint density at radius 3 is 2.73 bits per heavy atom. The van der Waals surface area contributed by atoms with Crippen molar-refractivity contribution in [3.05, 3.63) is 18.0 Å². The van der Waals surface area contributed by atoms with Gasteiger partial charge in [-0.1, -0.05) is 12.1 Å². The van der Waals surface area contributed by atoms with E-state index in [1.165, 1.54) is 6.26 Å². The Kier molecular flexibility index (Phi) is 10.8. The SMILES string of the molecule is CCCO[C@@H]1C[C@@H](C(=O)N(C)Cc2ccon2)CC[C@H]1NC1CCOCC1.O=CO. The van der Waals surface area contributed by atoms with Crippen molar-refractivity contribution < 1.29 is 28.7 Å². The Hall–Kier alpha value is -1.97. The third-order valence-corrected chi connectivity index (χ3v) is 5.61. The zero-order valence-corrected chi connectivity index (χ0v) is 18.0. The normalized spacial score (nSPS) is 24.5. The van der Waals surface area contributed by atoms with E-state index in [1.54, 1.807) is 11.0 Å². The standard InChI is InChI=1S/C20H33N3O4.CH2O2/c1-3-9-26-19-13-15(20(24)23(2)14-17-8-12-27-22-17)4-5-18(19)21-16-6-10-25-11-7-16;2-1-3/h8,12,15-16,18-19,21H,3-7,9-11,13-14H2,1-2H3;1H,(H,2,3)/t15-,18+,19+;/m0./s1. The van der Waals surface area contributed by atoms with Crippen molar-refractivity contribution in [2.45, 2.75) is 70.2 Å². The molecule has 170 valence electrons. The van der Waals surface area contributed by atoms with Gasteiger partial charge in [0.15, 0.2) is 0 Å². The van der Waals surface area contributed by atoms with Crippen molar-refractivity contribution in [2.75, 3.05) is 26.9 Å². The quantitative estimate of drug-likeness (QED) is 0.609. The number of carbonyl (C=O) groups excluding carboxylic acids is 1. The van der Waals surface area contributed by atoms with Gasteiger partial charge in [0.1, 0.15) is 12.0 Å². The minimum Gasteiger partial charge on any atom is -0.483 e. The van der Waals surface area contributed by atoms with Crippen LogP contribution >= 0.6 is 0 Å². The van der Waals surface area contributed by atoms with Crippen LogP contribution in [0.2, 0.25) is 0 Å². The molecule has 1 aromatic heterocycles. The number of hydrogen-bond acceptors (Lipinski definition) is 7. The highest BCUT2D eigenvalue weighted by atomic mass is 16.5. The minimum atomic E-state index is -0.250. The van der Waals surface area contributed by atoms with Gasteiger partial charge in [-0.25, -0.2) is 0 Å². The number of nitrogens with zero attached hydrogens (tertiary/aromatic N) is 2. The van der Waals surface area contributed by atoms with Crippen molar-refractivity contribution in [3.8, 4) is 0 Å². The number of aromatic nitrogens is 1. The molecule has 9 nitrogen and oxygen atoms in total. The van der Waals surface area contributed by atoms with Gasteiger partial charge in [0.05, 0.1) is 12.6 Å². The second kappa shape index (κ2) is 13.4. The van der Waals surface area contributed by atoms with Crippen LogP contribution in [0.3, 0.4) is 0 Å². The van der Waals surface area contributed by atoms with Crippen LogP contribution in [0.15, 0.2) is 16.9 Å². The lowest BCUT2D eigenvalue weighted by Crippen LogP contribution is -2.52. The Bertz CT molecular complexity index is 606. The molecule has 0 radical (unpaired) electrons. The maximum atomic E-state index is 12.9. The summed E-state index contributed by atoms with van der Waals surface area (Å²) < 4.78 is 16.5. The Morgan fingerprint density at radius 2 is 2.10 bits per heavy atom. The first-order chi connectivity index (χ1) is 14.6. The van der Waals surface area contributed by atoms with E-state index in [9.17, 15) is 4.79 Å². The summed E-state index contributed by atoms with van der Waals surface area (Å²) in [5.41, 5.74) is 0.777. The third-order valence-electron chi connectivity index (χ3n) is 5.61. The fourth-order valence-electron chi connectivity index (χ4n) is 4.12. The molecule has 2 heterocycles. The lowest BCUT2D eigenvalue weighted by atomic mass is 9.82. The van der Waals surface area contributed by atoms with E-state index < -0.39 is 0 Å². The Labute approximate surface area is 178 Å². The summed E-state index contributed by atoms with van der Waals surface area (Å²) >= 11 is 0. The summed E-state index contributed by atoms with van der Waals surface area (Å²) in [6, 6.07) is 2.62. The minimum absolute atomic E-state index is 0.0106. The van der Waals surface area contributed by atoms with Crippen molar-refractivity contribution in [1.82, 2.24) is 15.4 Å². The summed E-state index contributed by atoms with van der Waals surface area (Å²) in [6.45, 7) is 4.76. The highest BCUT2D eigenvalue weighted by Crippen LogP contribution is 2.29. The summed E-state index contributed by atoms with van der Waals surface area (Å²) in [5.74, 6) is 0.184. The predicted octanol–water partition coefficient (Wildman–Crippen LogP) is 2.07. The van der Waals surface area contributed by atoms with Gasteiger partial charge in [0.2, 0.25) is 5.91 Å². The average molecular weight is 426 g/mol. The van der Waals surface area contributed by atoms with Crippen molar-refractivity contribution in [3.63, 3.8) is 0 Å². The molecule has 1 amide bonds. The van der Waals surface area contributed by atoms with Gasteiger partial charge >= 0.3 is 0 Å². The molecular formula is C21H35N3O6. The molecule has 1 aliphatic heterocycles. The number of rotatable bonds is 8. The number of ether oxygens (including phenoxy) is 2. The molecule has 1 aromatic rings. The van der Waals surface area contributed by atoms with Gasteiger partial charge in [-0.05, 0) is 38.5 Å². The van der Waals surface area contributed by atoms with E-state index in [0.717, 1.165) is 64.0 Å². The summed E-state index contributed by atoms with van der Waals surface area (Å²) in [6.07, 6.45) is 7.38. The van der Waals surface area contributed by atoms with Gasteiger partial charge in [-0.2, -0.15) is 0 Å². The van der Waals surface area contributed by atoms with Gasteiger partial charge in [0, 0.05) is 50.9 Å². The van der Waals surface area contributed by atoms with Crippen LogP contribution in [0.4, 0.5) is 0 Å². The van der Waals surface area contributed by atoms with Gasteiger partial charge in [-0.3, -0.25) is 9.59 Å². The lowest BCUT2D eigenvalue weighted by Gasteiger charge is -2.39. The number of carboxylic acid groups (broad SMARTS) is 1. The van der Waals surface area contributed by atoms with Crippen LogP contribution in [0, 0.1) is 5.92 Å². The van der Waals surface area contributed by atoms with Gasteiger partial charge in [0.25, 0.3) is 6.47 Å². The third kappa shape index (κ3) is 7.70. The van der Waals surface area contributed by atoms with Crippen LogP contribution in [0.5, 0.6) is 0 Å². The highest BCUT2D eigenvalue weighted by molar-refractivity contribution is 5.78. The zero-order valence-electron chi connectivity index (χ0n) is 18.0. The maximum Gasteiger partial charge on any atom is 0.290 e. The Morgan fingerprint density at radius 1 is 1.37 bits per heavy atom. The largest absolute Gasteiger partial charge is 0.483 e. The first-order valence-corrected chi connectivity index (χ1v) is 10.8. The van der Waals surface area contributed by atoms with Crippen LogP contribution in [0.1, 0.15) is 51.1 Å². The second-order valence-electron chi connectivity index (χ2n) is 7.87. The van der Waals surface area contributed by atoms with Crippen LogP contribution in [0.25, 0.3) is 0 Å². The monoisotopic (exact) mass is 425 g/mol. The van der Waals surface area contributed by atoms with E-state index in [-0.39, 0.29) is 24.4 Å². The van der Waals surface area contributed by atoms with Crippen molar-refractivity contribution in [1.29, 1.82) is 0 Å². The smallest absolute Gasteiger partial charge is 0.290 e. The molecular weight excluding hydrogens is 390 g/mol. The first-order valence-electron chi connectivity index (χ1n) is 10.8. The molecule has 30 heavy (non-hydrogen) atoms. The number of nitrogens with one attached hydrogen (secondary N) is 1. The van der Waals surface area contributed by atoms with Crippen LogP contribution in [-0.2, 0) is 25.6 Å². The molecule has 9 heteroatoms. The lowest BCUT2D eigenvalue weighted by molar-refractivity contribution is -0.138. The van der Waals surface area contributed by atoms with E-state index in [0.29, 0.717) is 18.6 Å². The average Bonchev–Trinajstić information content (AvgIpc) is 3.27. The van der Waals surface area contributed by atoms with E-state index in [4.69, 9.17) is 23.9 Å². The molecule has 0 unspecified atom stereocenters. The van der Waals surface area contributed by atoms with Gasteiger partial charge < -0.3 is 29.3 Å². The van der Waals surface area contributed by atoms with E-state index in [2.05, 4.69) is 17.4 Å². The van der Waals surface area contributed by atoms with Gasteiger partial charge in [-0.15, -0.1) is 0 Å². The molecule has 0 aromatic carbocycles. The molecule has 0 spiro atoms. The van der Waals surface area contributed by atoms with E-state index in [1.807, 2.05) is 7.05 Å². The predicted molar refractivity (Wildman–Crippen MR) is 110 cm³/mol. The van der Waals surface area contributed by atoms with Crippen LogP contribution in [-0.4, -0.2) is 72.6 Å². The van der Waals surface area contributed by atoms with E-state index >= 15 is 0 Å². The highest BCUT2D eigenvalue weighted by Gasteiger charge is 2.36. The molecule has 1 saturated heterocycles. The zero-order chi connectivity index (χ0) is 21.8. The molecule has 1 aliphatic carbocycles. The molecule has 2 aliphatic rings. The summed E-state index contributed by atoms with van der Waals surface area (Å²) in [7, 11) is 1.84. The first kappa shape index (κ1) is 24.3. The second-order valence-corrected chi connectivity index (χ2v) is 7.87. The number of hydrogen-bond donors (Lipinski definition) is 2.